The van der Waals surface area contributed by atoms with Crippen LogP contribution in [-0.4, -0.2) is 0 Å². The van der Waals surface area contributed by atoms with Gasteiger partial charge in [-0.3, -0.25) is 0 Å². The third kappa shape index (κ3) is 4.08. The van der Waals surface area contributed by atoms with Crippen molar-refractivity contribution in [2.75, 3.05) is 0 Å². The van der Waals surface area contributed by atoms with Crippen LogP contribution < -0.4 is 0 Å². The maximum Gasteiger partial charge on any atom is 0.0194 e. The Morgan fingerprint density at radius 2 is 1.57 bits per heavy atom. The van der Waals surface area contributed by atoms with E-state index < -0.39 is 0 Å². The molecule has 0 saturated carbocycles. The van der Waals surface area contributed by atoms with Gasteiger partial charge in [-0.05, 0) is 137 Å². The Hall–Kier alpha value is -3.12. The van der Waals surface area contributed by atoms with Gasteiger partial charge < -0.3 is 0 Å². The predicted octanol–water partition coefficient (Wildman–Crippen LogP) is 12.4. The van der Waals surface area contributed by atoms with Crippen molar-refractivity contribution in [2.45, 2.75) is 101 Å². The van der Waals surface area contributed by atoms with Crippen molar-refractivity contribution in [2.24, 2.45) is 16.2 Å². The van der Waals surface area contributed by atoms with Crippen LogP contribution in [0.2, 0.25) is 0 Å². The second-order valence-corrected chi connectivity index (χ2v) is 14.9. The van der Waals surface area contributed by atoms with Crippen LogP contribution in [-0.2, 0) is 6.42 Å². The van der Waals surface area contributed by atoms with Gasteiger partial charge in [-0.15, -0.1) is 0 Å². The van der Waals surface area contributed by atoms with Crippen LogP contribution in [0.25, 0.3) is 22.3 Å². The molecule has 0 spiro atoms. The minimum Gasteiger partial charge on any atom is -0.0955 e. The highest BCUT2D eigenvalue weighted by atomic mass is 14.6. The fourth-order valence-corrected chi connectivity index (χ4v) is 9.53. The molecule has 2 aromatic rings. The van der Waals surface area contributed by atoms with E-state index in [1.807, 2.05) is 0 Å². The number of rotatable bonds is 5. The Kier molecular flexibility index (Phi) is 7.20. The minimum absolute atomic E-state index is 0.0312. The van der Waals surface area contributed by atoms with Crippen molar-refractivity contribution in [1.82, 2.24) is 0 Å². The van der Waals surface area contributed by atoms with Gasteiger partial charge in [0.1, 0.15) is 0 Å². The fourth-order valence-electron chi connectivity index (χ4n) is 9.53. The first kappa shape index (κ1) is 30.3. The molecule has 0 heterocycles. The van der Waals surface area contributed by atoms with Crippen molar-refractivity contribution in [3.8, 4) is 11.1 Å². The lowest BCUT2D eigenvalue weighted by molar-refractivity contribution is 0.0543. The summed E-state index contributed by atoms with van der Waals surface area (Å²) in [7, 11) is 0. The minimum atomic E-state index is -0.139. The predicted molar refractivity (Wildman–Crippen MR) is 186 cm³/mol. The van der Waals surface area contributed by atoms with Gasteiger partial charge in [0.15, 0.2) is 0 Å². The highest BCUT2D eigenvalue weighted by Gasteiger charge is 2.59. The van der Waals surface area contributed by atoms with Gasteiger partial charge in [-0.25, -0.2) is 0 Å². The summed E-state index contributed by atoms with van der Waals surface area (Å²) in [6, 6.07) is 11.5. The first-order valence-electron chi connectivity index (χ1n) is 15.9. The van der Waals surface area contributed by atoms with Crippen LogP contribution in [0.5, 0.6) is 0 Å². The van der Waals surface area contributed by atoms with Gasteiger partial charge in [-0.1, -0.05) is 115 Å². The topological polar surface area (TPSA) is 0 Å². The number of hydrogen-bond donors (Lipinski definition) is 0. The molecule has 0 aliphatic heterocycles. The van der Waals surface area contributed by atoms with E-state index in [2.05, 4.69) is 113 Å². The largest absolute Gasteiger partial charge is 0.0955 e. The van der Waals surface area contributed by atoms with Crippen LogP contribution >= 0.6 is 0 Å². The number of benzene rings is 2. The molecular formula is C42H52. The molecule has 0 aromatic heterocycles. The maximum absolute atomic E-state index is 4.94. The summed E-state index contributed by atoms with van der Waals surface area (Å²) in [6.07, 6.45) is 4.24. The monoisotopic (exact) mass is 556 g/mol. The highest BCUT2D eigenvalue weighted by molar-refractivity contribution is 5.90. The first-order valence-corrected chi connectivity index (χ1v) is 15.9. The first-order chi connectivity index (χ1) is 19.5. The molecule has 0 fully saturated rings. The zero-order chi connectivity index (χ0) is 31.1. The molecule has 0 N–H and O–H groups in total. The Morgan fingerprint density at radius 3 is 2.12 bits per heavy atom. The summed E-state index contributed by atoms with van der Waals surface area (Å²) in [4.78, 5) is 0. The van der Waals surface area contributed by atoms with Crippen LogP contribution in [0.15, 0.2) is 90.1 Å². The number of hydrogen-bond acceptors (Lipinski definition) is 0. The zero-order valence-corrected chi connectivity index (χ0v) is 28.1. The average Bonchev–Trinajstić information content (AvgIpc) is 2.90. The van der Waals surface area contributed by atoms with Crippen LogP contribution in [0, 0.1) is 23.2 Å². The van der Waals surface area contributed by atoms with E-state index in [4.69, 9.17) is 13.2 Å². The third-order valence-corrected chi connectivity index (χ3v) is 11.7. The van der Waals surface area contributed by atoms with E-state index in [0.717, 1.165) is 31.3 Å². The summed E-state index contributed by atoms with van der Waals surface area (Å²) >= 11 is 0. The van der Waals surface area contributed by atoms with Gasteiger partial charge >= 0.3 is 0 Å². The Bertz CT molecular complexity index is 1630. The van der Waals surface area contributed by atoms with Crippen molar-refractivity contribution in [1.29, 1.82) is 0 Å². The molecule has 3 aliphatic carbocycles. The molecule has 220 valence electrons. The molecule has 3 aliphatic rings. The van der Waals surface area contributed by atoms with E-state index >= 15 is 0 Å². The molecule has 0 bridgehead atoms. The molecular weight excluding hydrogens is 504 g/mol. The van der Waals surface area contributed by atoms with Crippen LogP contribution in [0.1, 0.15) is 115 Å². The lowest BCUT2D eigenvalue weighted by Crippen LogP contribution is -2.52. The Labute approximate surface area is 256 Å². The van der Waals surface area contributed by atoms with E-state index in [9.17, 15) is 0 Å². The van der Waals surface area contributed by atoms with Crippen molar-refractivity contribution >= 4 is 11.1 Å². The standard InChI is InChI=1S/C42H52/c1-15-26(6)32-16-18-33(19-17-32)35-20-34(24(2)3)36-22-40(12)23-41(13)21-27(7)37(25(4)5)30(10)42(41,14)31(11)39(40)29(9)38(36)28(35)8/h16-20,24H,4,6,9-10,15,21-23H2,1-3,5,7-8,11-14H3/t40-,41+,42-/m1/s1. The van der Waals surface area contributed by atoms with E-state index in [1.165, 1.54) is 78.0 Å². The normalized spacial score (nSPS) is 27.2. The summed E-state index contributed by atoms with van der Waals surface area (Å²) < 4.78 is 0. The van der Waals surface area contributed by atoms with E-state index in [1.54, 1.807) is 0 Å². The molecule has 0 amide bonds. The number of fused-ring (bicyclic) bond motifs is 3. The molecule has 0 radical (unpaired) electrons. The molecule has 0 saturated heterocycles. The van der Waals surface area contributed by atoms with Crippen LogP contribution in [0.4, 0.5) is 0 Å². The number of allylic oxidation sites excluding steroid dienone is 8. The van der Waals surface area contributed by atoms with Crippen molar-refractivity contribution < 1.29 is 0 Å². The maximum atomic E-state index is 4.94. The quantitative estimate of drug-likeness (QED) is 0.343. The third-order valence-electron chi connectivity index (χ3n) is 11.7. The molecule has 5 rings (SSSR count). The second-order valence-electron chi connectivity index (χ2n) is 14.9. The van der Waals surface area contributed by atoms with Crippen molar-refractivity contribution in [3.63, 3.8) is 0 Å². The van der Waals surface area contributed by atoms with E-state index in [-0.39, 0.29) is 16.2 Å². The average molecular weight is 557 g/mol. The second kappa shape index (κ2) is 9.97. The van der Waals surface area contributed by atoms with Gasteiger partial charge in [0.2, 0.25) is 0 Å². The highest BCUT2D eigenvalue weighted by Crippen LogP contribution is 2.70. The lowest BCUT2D eigenvalue weighted by Gasteiger charge is -2.62. The van der Waals surface area contributed by atoms with Gasteiger partial charge in [0, 0.05) is 5.41 Å². The molecule has 3 atom stereocenters. The van der Waals surface area contributed by atoms with E-state index in [0.29, 0.717) is 5.92 Å². The van der Waals surface area contributed by atoms with Gasteiger partial charge in [0.25, 0.3) is 0 Å². The fraction of sp³-hybridized carbons (Fsp3) is 0.429. The zero-order valence-electron chi connectivity index (χ0n) is 28.1. The van der Waals surface area contributed by atoms with Crippen LogP contribution in [0.3, 0.4) is 0 Å². The van der Waals surface area contributed by atoms with Gasteiger partial charge in [-0.2, -0.15) is 0 Å². The summed E-state index contributed by atoms with van der Waals surface area (Å²) in [6.45, 7) is 41.9. The molecule has 0 heteroatoms. The van der Waals surface area contributed by atoms with Crippen molar-refractivity contribution in [3.05, 3.63) is 118 Å². The molecule has 2 aromatic carbocycles. The summed E-state index contributed by atoms with van der Waals surface area (Å²) in [5, 5.41) is 0. The van der Waals surface area contributed by atoms with Gasteiger partial charge in [0.05, 0.1) is 0 Å². The SMILES string of the molecule is C=C(C)C1=C(C)C[C@@]2(C)C[C@@]3(C)Cc4c(C(C)C)cc(-c5ccc(C(=C)CC)cc5)c(C)c4C(=C)C3=C(C)[C@@]2(C)C1=C. The summed E-state index contributed by atoms with van der Waals surface area (Å²) in [5.74, 6) is 0.433. The smallest absolute Gasteiger partial charge is 0.0194 e. The summed E-state index contributed by atoms with van der Waals surface area (Å²) in [5.41, 5.74) is 20.0. The molecule has 0 nitrogen and oxygen atoms in total. The Balaban J connectivity index is 1.75. The lowest BCUT2D eigenvalue weighted by atomic mass is 9.41. The molecule has 42 heavy (non-hydrogen) atoms. The molecule has 0 unspecified atom stereocenters. The Morgan fingerprint density at radius 1 is 0.952 bits per heavy atom.